The summed E-state index contributed by atoms with van der Waals surface area (Å²) in [6.45, 7) is 2.01. The SMILES string of the molecule is CCOC(=O)CCC(O)c1ccc([N+](=O)[O-])s1. The lowest BCUT2D eigenvalue weighted by atomic mass is 10.2. The summed E-state index contributed by atoms with van der Waals surface area (Å²) >= 11 is 0.913. The molecule has 0 aromatic carbocycles. The number of ether oxygens (including phenoxy) is 1. The molecule has 1 atom stereocenters. The van der Waals surface area contributed by atoms with Gasteiger partial charge >= 0.3 is 11.0 Å². The molecule has 94 valence electrons. The van der Waals surface area contributed by atoms with Gasteiger partial charge in [-0.2, -0.15) is 0 Å². The summed E-state index contributed by atoms with van der Waals surface area (Å²) in [4.78, 5) is 21.5. The van der Waals surface area contributed by atoms with Crippen LogP contribution in [0.15, 0.2) is 12.1 Å². The molecule has 0 spiro atoms. The van der Waals surface area contributed by atoms with Gasteiger partial charge in [0.05, 0.1) is 17.6 Å². The van der Waals surface area contributed by atoms with Gasteiger partial charge in [-0.25, -0.2) is 0 Å². The number of hydrogen-bond donors (Lipinski definition) is 1. The van der Waals surface area contributed by atoms with Gasteiger partial charge < -0.3 is 9.84 Å². The van der Waals surface area contributed by atoms with E-state index in [0.717, 1.165) is 11.3 Å². The molecule has 0 aliphatic rings. The van der Waals surface area contributed by atoms with E-state index in [4.69, 9.17) is 4.74 Å². The van der Waals surface area contributed by atoms with Crippen LogP contribution in [0.2, 0.25) is 0 Å². The Balaban J connectivity index is 2.49. The first-order valence-electron chi connectivity index (χ1n) is 5.12. The highest BCUT2D eigenvalue weighted by Crippen LogP contribution is 2.30. The molecule has 0 bridgehead atoms. The maximum Gasteiger partial charge on any atom is 0.324 e. The lowest BCUT2D eigenvalue weighted by Gasteiger charge is -2.07. The lowest BCUT2D eigenvalue weighted by Crippen LogP contribution is -2.06. The standard InChI is InChI=1S/C10H13NO5S/c1-2-16-10(13)6-3-7(12)8-4-5-9(17-8)11(14)15/h4-5,7,12H,2-3,6H2,1H3. The predicted octanol–water partition coefficient (Wildman–Crippen LogP) is 2.03. The van der Waals surface area contributed by atoms with E-state index in [2.05, 4.69) is 0 Å². The van der Waals surface area contributed by atoms with Crippen molar-refractivity contribution in [3.63, 3.8) is 0 Å². The zero-order chi connectivity index (χ0) is 12.8. The fraction of sp³-hybridized carbons (Fsp3) is 0.500. The number of nitro groups is 1. The number of nitrogens with zero attached hydrogens (tertiary/aromatic N) is 1. The van der Waals surface area contributed by atoms with Crippen molar-refractivity contribution in [3.8, 4) is 0 Å². The second kappa shape index (κ2) is 6.31. The average molecular weight is 259 g/mol. The Morgan fingerprint density at radius 2 is 2.35 bits per heavy atom. The van der Waals surface area contributed by atoms with Gasteiger partial charge in [0.1, 0.15) is 0 Å². The van der Waals surface area contributed by atoms with Gasteiger partial charge in [0.2, 0.25) is 0 Å². The van der Waals surface area contributed by atoms with Crippen LogP contribution in [0, 0.1) is 10.1 Å². The van der Waals surface area contributed by atoms with E-state index in [1.165, 1.54) is 12.1 Å². The highest BCUT2D eigenvalue weighted by molar-refractivity contribution is 7.15. The van der Waals surface area contributed by atoms with Crippen LogP contribution in [0.3, 0.4) is 0 Å². The summed E-state index contributed by atoms with van der Waals surface area (Å²) in [5.41, 5.74) is 0. The van der Waals surface area contributed by atoms with Crippen LogP contribution in [0.25, 0.3) is 0 Å². The number of aliphatic hydroxyl groups is 1. The largest absolute Gasteiger partial charge is 0.466 e. The zero-order valence-electron chi connectivity index (χ0n) is 9.29. The highest BCUT2D eigenvalue weighted by atomic mass is 32.1. The number of aliphatic hydroxyl groups excluding tert-OH is 1. The molecule has 1 unspecified atom stereocenters. The first kappa shape index (κ1) is 13.6. The van der Waals surface area contributed by atoms with Gasteiger partial charge in [-0.3, -0.25) is 14.9 Å². The zero-order valence-corrected chi connectivity index (χ0v) is 10.1. The Bertz CT molecular complexity index is 403. The topological polar surface area (TPSA) is 89.7 Å². The summed E-state index contributed by atoms with van der Waals surface area (Å²) in [7, 11) is 0. The van der Waals surface area contributed by atoms with Crippen LogP contribution in [0.1, 0.15) is 30.7 Å². The molecule has 0 saturated carbocycles. The number of hydrogen-bond acceptors (Lipinski definition) is 6. The van der Waals surface area contributed by atoms with Crippen molar-refractivity contribution in [1.82, 2.24) is 0 Å². The first-order chi connectivity index (χ1) is 8.04. The van der Waals surface area contributed by atoms with Crippen LogP contribution in [-0.4, -0.2) is 22.6 Å². The molecule has 0 aliphatic heterocycles. The van der Waals surface area contributed by atoms with Crippen LogP contribution in [0.4, 0.5) is 5.00 Å². The Morgan fingerprint density at radius 1 is 1.65 bits per heavy atom. The minimum Gasteiger partial charge on any atom is -0.466 e. The number of rotatable bonds is 6. The maximum atomic E-state index is 11.1. The lowest BCUT2D eigenvalue weighted by molar-refractivity contribution is -0.380. The fourth-order valence-electron chi connectivity index (χ4n) is 1.25. The Labute approximate surface area is 102 Å². The van der Waals surface area contributed by atoms with Crippen LogP contribution in [0.5, 0.6) is 0 Å². The molecule has 0 amide bonds. The summed E-state index contributed by atoms with van der Waals surface area (Å²) < 4.78 is 4.72. The maximum absolute atomic E-state index is 11.1. The summed E-state index contributed by atoms with van der Waals surface area (Å²) in [5, 5.41) is 20.1. The minimum absolute atomic E-state index is 0.0183. The normalized spacial score (nSPS) is 12.1. The third kappa shape index (κ3) is 4.12. The molecule has 0 aliphatic carbocycles. The Kier molecular flexibility index (Phi) is 5.05. The quantitative estimate of drug-likeness (QED) is 0.479. The molecule has 0 radical (unpaired) electrons. The molecule has 17 heavy (non-hydrogen) atoms. The van der Waals surface area contributed by atoms with E-state index in [1.54, 1.807) is 6.92 Å². The molecule has 6 nitrogen and oxygen atoms in total. The molecule has 1 aromatic rings. The van der Waals surface area contributed by atoms with Gasteiger partial charge in [-0.05, 0) is 19.4 Å². The first-order valence-corrected chi connectivity index (χ1v) is 5.94. The van der Waals surface area contributed by atoms with Gasteiger partial charge in [-0.15, -0.1) is 0 Å². The monoisotopic (exact) mass is 259 g/mol. The van der Waals surface area contributed by atoms with E-state index >= 15 is 0 Å². The van der Waals surface area contributed by atoms with Crippen molar-refractivity contribution in [2.45, 2.75) is 25.9 Å². The van der Waals surface area contributed by atoms with Crippen LogP contribution >= 0.6 is 11.3 Å². The van der Waals surface area contributed by atoms with Crippen molar-refractivity contribution < 1.29 is 19.6 Å². The number of thiophene rings is 1. The molecule has 1 aromatic heterocycles. The molecule has 1 rings (SSSR count). The number of esters is 1. The Hall–Kier alpha value is -1.47. The Morgan fingerprint density at radius 3 is 2.88 bits per heavy atom. The van der Waals surface area contributed by atoms with Crippen molar-refractivity contribution in [2.24, 2.45) is 0 Å². The number of carbonyl (C=O) groups excluding carboxylic acids is 1. The van der Waals surface area contributed by atoms with Crippen molar-refractivity contribution >= 4 is 22.3 Å². The fourth-order valence-corrected chi connectivity index (χ4v) is 2.09. The molecule has 0 saturated heterocycles. The van der Waals surface area contributed by atoms with Crippen molar-refractivity contribution in [2.75, 3.05) is 6.61 Å². The van der Waals surface area contributed by atoms with E-state index < -0.39 is 11.0 Å². The van der Waals surface area contributed by atoms with Crippen molar-refractivity contribution in [1.29, 1.82) is 0 Å². The molecule has 0 fully saturated rings. The second-order valence-electron chi connectivity index (χ2n) is 3.29. The van der Waals surface area contributed by atoms with E-state index in [1.807, 2.05) is 0 Å². The smallest absolute Gasteiger partial charge is 0.324 e. The molecular formula is C10H13NO5S. The van der Waals surface area contributed by atoms with Crippen LogP contribution in [-0.2, 0) is 9.53 Å². The van der Waals surface area contributed by atoms with Gasteiger partial charge in [-0.1, -0.05) is 11.3 Å². The molecular weight excluding hydrogens is 246 g/mol. The molecule has 1 heterocycles. The third-order valence-corrected chi connectivity index (χ3v) is 3.19. The number of carbonyl (C=O) groups is 1. The second-order valence-corrected chi connectivity index (χ2v) is 4.39. The summed E-state index contributed by atoms with van der Waals surface area (Å²) in [5.74, 6) is -0.377. The van der Waals surface area contributed by atoms with Gasteiger partial charge in [0.25, 0.3) is 0 Å². The summed E-state index contributed by atoms with van der Waals surface area (Å²) in [6.07, 6.45) is -0.560. The van der Waals surface area contributed by atoms with E-state index in [9.17, 15) is 20.0 Å². The van der Waals surface area contributed by atoms with Gasteiger partial charge in [0.15, 0.2) is 0 Å². The molecule has 7 heteroatoms. The van der Waals surface area contributed by atoms with Crippen molar-refractivity contribution in [3.05, 3.63) is 27.1 Å². The average Bonchev–Trinajstić information content (AvgIpc) is 2.75. The van der Waals surface area contributed by atoms with Crippen LogP contribution < -0.4 is 0 Å². The van der Waals surface area contributed by atoms with Gasteiger partial charge in [0, 0.05) is 17.4 Å². The predicted molar refractivity (Wildman–Crippen MR) is 61.8 cm³/mol. The summed E-state index contributed by atoms with van der Waals surface area (Å²) in [6, 6.07) is 2.84. The van der Waals surface area contributed by atoms with E-state index in [0.29, 0.717) is 11.5 Å². The van der Waals surface area contributed by atoms with E-state index in [-0.39, 0.29) is 23.8 Å². The minimum atomic E-state index is -0.863. The third-order valence-electron chi connectivity index (χ3n) is 2.05. The highest BCUT2D eigenvalue weighted by Gasteiger charge is 2.17. The molecule has 1 N–H and O–H groups in total.